The molecular formula is C24H25N3O3. The number of morpholine rings is 1. The van der Waals surface area contributed by atoms with Crippen molar-refractivity contribution in [3.05, 3.63) is 84.1 Å². The number of pyridine rings is 1. The summed E-state index contributed by atoms with van der Waals surface area (Å²) in [6, 6.07) is 20.6. The van der Waals surface area contributed by atoms with Gasteiger partial charge in [0, 0.05) is 31.4 Å². The van der Waals surface area contributed by atoms with E-state index >= 15 is 0 Å². The van der Waals surface area contributed by atoms with Crippen molar-refractivity contribution < 1.29 is 14.3 Å². The Kier molecular flexibility index (Phi) is 6.25. The van der Waals surface area contributed by atoms with E-state index < -0.39 is 0 Å². The summed E-state index contributed by atoms with van der Waals surface area (Å²) in [5.74, 6) is 2.14. The van der Waals surface area contributed by atoms with Crippen molar-refractivity contribution in [1.29, 1.82) is 0 Å². The van der Waals surface area contributed by atoms with Gasteiger partial charge in [-0.3, -0.25) is 4.79 Å². The van der Waals surface area contributed by atoms with Crippen LogP contribution in [0.25, 0.3) is 0 Å². The van der Waals surface area contributed by atoms with E-state index in [9.17, 15) is 4.79 Å². The molecule has 1 saturated heterocycles. The lowest BCUT2D eigenvalue weighted by Crippen LogP contribution is -2.41. The first-order chi connectivity index (χ1) is 14.7. The zero-order valence-electron chi connectivity index (χ0n) is 17.0. The second-order valence-electron chi connectivity index (χ2n) is 7.28. The summed E-state index contributed by atoms with van der Waals surface area (Å²) in [5, 5.41) is 2.94. The average Bonchev–Trinajstić information content (AvgIpc) is 2.79. The molecule has 1 aliphatic rings. The number of nitrogens with zero attached hydrogens (tertiary/aromatic N) is 2. The number of carbonyl (C=O) groups is 1. The Morgan fingerprint density at radius 2 is 1.97 bits per heavy atom. The van der Waals surface area contributed by atoms with E-state index in [1.54, 1.807) is 12.1 Å². The molecule has 0 spiro atoms. The Hall–Kier alpha value is -3.38. The SMILES string of the molecule is CC1CN(c2ccc(CNC(=O)c3cccc(Oc4ccccc4)c3)cn2)CCO1. The number of para-hydroxylation sites is 1. The molecule has 154 valence electrons. The lowest BCUT2D eigenvalue weighted by atomic mass is 10.2. The van der Waals surface area contributed by atoms with Crippen LogP contribution < -0.4 is 15.0 Å². The fourth-order valence-corrected chi connectivity index (χ4v) is 3.34. The predicted molar refractivity (Wildman–Crippen MR) is 116 cm³/mol. The number of amides is 1. The third-order valence-corrected chi connectivity index (χ3v) is 4.90. The first-order valence-corrected chi connectivity index (χ1v) is 10.1. The summed E-state index contributed by atoms with van der Waals surface area (Å²) >= 11 is 0. The highest BCUT2D eigenvalue weighted by Crippen LogP contribution is 2.22. The number of hydrogen-bond donors (Lipinski definition) is 1. The third-order valence-electron chi connectivity index (χ3n) is 4.90. The molecule has 0 aliphatic carbocycles. The minimum Gasteiger partial charge on any atom is -0.457 e. The van der Waals surface area contributed by atoms with E-state index in [1.807, 2.05) is 60.8 Å². The highest BCUT2D eigenvalue weighted by atomic mass is 16.5. The average molecular weight is 403 g/mol. The number of anilines is 1. The Bertz CT molecular complexity index is 977. The maximum Gasteiger partial charge on any atom is 0.251 e. The molecule has 1 aliphatic heterocycles. The van der Waals surface area contributed by atoms with Crippen molar-refractivity contribution in [1.82, 2.24) is 10.3 Å². The van der Waals surface area contributed by atoms with Gasteiger partial charge in [-0.2, -0.15) is 0 Å². The van der Waals surface area contributed by atoms with Crippen molar-refractivity contribution in [3.63, 3.8) is 0 Å². The molecule has 1 N–H and O–H groups in total. The molecule has 6 heteroatoms. The van der Waals surface area contributed by atoms with Crippen LogP contribution in [0.4, 0.5) is 5.82 Å². The minimum absolute atomic E-state index is 0.153. The molecule has 3 aromatic rings. The summed E-state index contributed by atoms with van der Waals surface area (Å²) < 4.78 is 11.4. The van der Waals surface area contributed by atoms with Crippen molar-refractivity contribution >= 4 is 11.7 Å². The number of aromatic nitrogens is 1. The topological polar surface area (TPSA) is 63.7 Å². The van der Waals surface area contributed by atoms with Crippen LogP contribution in [0.1, 0.15) is 22.8 Å². The van der Waals surface area contributed by atoms with Crippen LogP contribution in [0.3, 0.4) is 0 Å². The summed E-state index contributed by atoms with van der Waals surface area (Å²) in [6.07, 6.45) is 2.02. The summed E-state index contributed by atoms with van der Waals surface area (Å²) in [7, 11) is 0. The fraction of sp³-hybridized carbons (Fsp3) is 0.250. The first kappa shape index (κ1) is 19.9. The Balaban J connectivity index is 1.34. The number of ether oxygens (including phenoxy) is 2. The molecule has 1 unspecified atom stereocenters. The molecule has 0 saturated carbocycles. The number of carbonyl (C=O) groups excluding carboxylic acids is 1. The number of benzene rings is 2. The summed E-state index contributed by atoms with van der Waals surface area (Å²) in [6.45, 7) is 4.87. The van der Waals surface area contributed by atoms with Crippen molar-refractivity contribution in [3.8, 4) is 11.5 Å². The van der Waals surface area contributed by atoms with Crippen LogP contribution in [0.2, 0.25) is 0 Å². The number of rotatable bonds is 6. The van der Waals surface area contributed by atoms with E-state index in [0.717, 1.165) is 30.2 Å². The Morgan fingerprint density at radius 1 is 1.13 bits per heavy atom. The highest BCUT2D eigenvalue weighted by molar-refractivity contribution is 5.94. The van der Waals surface area contributed by atoms with Crippen LogP contribution in [0, 0.1) is 0 Å². The highest BCUT2D eigenvalue weighted by Gasteiger charge is 2.17. The van der Waals surface area contributed by atoms with E-state index in [0.29, 0.717) is 24.5 Å². The lowest BCUT2D eigenvalue weighted by Gasteiger charge is -2.32. The van der Waals surface area contributed by atoms with Crippen molar-refractivity contribution in [2.75, 3.05) is 24.6 Å². The standard InChI is InChI=1S/C24H25N3O3/c1-18-17-27(12-13-29-18)23-11-10-19(15-25-23)16-26-24(28)20-6-5-9-22(14-20)30-21-7-3-2-4-8-21/h2-11,14-15,18H,12-13,16-17H2,1H3,(H,26,28). The smallest absolute Gasteiger partial charge is 0.251 e. The molecule has 4 rings (SSSR count). The molecule has 0 radical (unpaired) electrons. The third kappa shape index (κ3) is 5.15. The van der Waals surface area contributed by atoms with Crippen molar-refractivity contribution in [2.24, 2.45) is 0 Å². The number of nitrogens with one attached hydrogen (secondary N) is 1. The van der Waals surface area contributed by atoms with Gasteiger partial charge < -0.3 is 19.7 Å². The van der Waals surface area contributed by atoms with Gasteiger partial charge in [0.05, 0.1) is 12.7 Å². The van der Waals surface area contributed by atoms with Gasteiger partial charge in [0.15, 0.2) is 0 Å². The lowest BCUT2D eigenvalue weighted by molar-refractivity contribution is 0.0529. The van der Waals surface area contributed by atoms with Gasteiger partial charge in [-0.1, -0.05) is 30.3 Å². The second kappa shape index (κ2) is 9.41. The molecule has 1 fully saturated rings. The fourth-order valence-electron chi connectivity index (χ4n) is 3.34. The maximum absolute atomic E-state index is 12.6. The molecule has 6 nitrogen and oxygen atoms in total. The van der Waals surface area contributed by atoms with Gasteiger partial charge in [0.1, 0.15) is 17.3 Å². The quantitative estimate of drug-likeness (QED) is 0.673. The van der Waals surface area contributed by atoms with E-state index in [4.69, 9.17) is 9.47 Å². The van der Waals surface area contributed by atoms with Crippen LogP contribution in [0.5, 0.6) is 11.5 Å². The first-order valence-electron chi connectivity index (χ1n) is 10.1. The van der Waals surface area contributed by atoms with Gasteiger partial charge in [-0.25, -0.2) is 4.98 Å². The van der Waals surface area contributed by atoms with Gasteiger partial charge in [-0.15, -0.1) is 0 Å². The monoisotopic (exact) mass is 403 g/mol. The van der Waals surface area contributed by atoms with Crippen LogP contribution in [0.15, 0.2) is 72.9 Å². The predicted octanol–water partition coefficient (Wildman–Crippen LogP) is 4.03. The molecule has 30 heavy (non-hydrogen) atoms. The Morgan fingerprint density at radius 3 is 2.73 bits per heavy atom. The van der Waals surface area contributed by atoms with Crippen molar-refractivity contribution in [2.45, 2.75) is 19.6 Å². The molecule has 0 bridgehead atoms. The van der Waals surface area contributed by atoms with Gasteiger partial charge in [0.2, 0.25) is 0 Å². The van der Waals surface area contributed by atoms with E-state index in [-0.39, 0.29) is 12.0 Å². The summed E-state index contributed by atoms with van der Waals surface area (Å²) in [4.78, 5) is 19.3. The maximum atomic E-state index is 12.6. The van der Waals surface area contributed by atoms with Crippen LogP contribution in [-0.2, 0) is 11.3 Å². The summed E-state index contributed by atoms with van der Waals surface area (Å²) in [5.41, 5.74) is 1.50. The van der Waals surface area contributed by atoms with E-state index in [1.165, 1.54) is 0 Å². The second-order valence-corrected chi connectivity index (χ2v) is 7.28. The molecule has 1 amide bonds. The van der Waals surface area contributed by atoms with Gasteiger partial charge >= 0.3 is 0 Å². The molecule has 2 aromatic carbocycles. The molecule has 2 heterocycles. The van der Waals surface area contributed by atoms with Gasteiger partial charge in [-0.05, 0) is 48.9 Å². The zero-order chi connectivity index (χ0) is 20.8. The zero-order valence-corrected chi connectivity index (χ0v) is 17.0. The minimum atomic E-state index is -0.153. The van der Waals surface area contributed by atoms with Gasteiger partial charge in [0.25, 0.3) is 5.91 Å². The molecular weight excluding hydrogens is 378 g/mol. The Labute approximate surface area is 176 Å². The van der Waals surface area contributed by atoms with Crippen LogP contribution in [-0.4, -0.2) is 36.7 Å². The molecule has 1 atom stereocenters. The van der Waals surface area contributed by atoms with E-state index in [2.05, 4.69) is 22.1 Å². The van der Waals surface area contributed by atoms with Crippen LogP contribution >= 0.6 is 0 Å². The molecule has 1 aromatic heterocycles. The normalized spacial score (nSPS) is 16.2. The largest absolute Gasteiger partial charge is 0.457 e. The number of hydrogen-bond acceptors (Lipinski definition) is 5.